The molecule has 1 atom stereocenters. The van der Waals surface area contributed by atoms with Crippen LogP contribution in [0.4, 0.5) is 0 Å². The first-order chi connectivity index (χ1) is 10.3. The van der Waals surface area contributed by atoms with Gasteiger partial charge in [0.05, 0.1) is 6.61 Å². The molecule has 1 amide bonds. The van der Waals surface area contributed by atoms with Crippen molar-refractivity contribution < 1.29 is 9.53 Å². The van der Waals surface area contributed by atoms with Crippen molar-refractivity contribution in [2.45, 2.75) is 44.6 Å². The summed E-state index contributed by atoms with van der Waals surface area (Å²) in [4.78, 5) is 19.2. The van der Waals surface area contributed by atoms with Crippen molar-refractivity contribution in [3.05, 3.63) is 17.7 Å². The molecule has 0 N–H and O–H groups in total. The van der Waals surface area contributed by atoms with E-state index in [-0.39, 0.29) is 5.91 Å². The first-order valence-electron chi connectivity index (χ1n) is 7.82. The van der Waals surface area contributed by atoms with Gasteiger partial charge in [0, 0.05) is 31.1 Å². The van der Waals surface area contributed by atoms with Crippen molar-refractivity contribution in [3.63, 3.8) is 0 Å². The van der Waals surface area contributed by atoms with Crippen LogP contribution in [0.25, 0.3) is 0 Å². The van der Waals surface area contributed by atoms with Gasteiger partial charge in [0.25, 0.3) is 5.91 Å². The van der Waals surface area contributed by atoms with Crippen LogP contribution in [0.15, 0.2) is 6.20 Å². The monoisotopic (exact) mass is 309 g/mol. The highest BCUT2D eigenvalue weighted by molar-refractivity contribution is 7.99. The molecule has 6 heteroatoms. The van der Waals surface area contributed by atoms with Crippen molar-refractivity contribution in [2.75, 3.05) is 25.4 Å². The number of thioether (sulfide) groups is 1. The van der Waals surface area contributed by atoms with Crippen LogP contribution in [0, 0.1) is 0 Å². The highest BCUT2D eigenvalue weighted by atomic mass is 32.2. The third-order valence-electron chi connectivity index (χ3n) is 4.10. The molecule has 1 aromatic heterocycles. The smallest absolute Gasteiger partial charge is 0.274 e. The van der Waals surface area contributed by atoms with Crippen LogP contribution < -0.4 is 0 Å². The van der Waals surface area contributed by atoms with E-state index in [4.69, 9.17) is 4.74 Å². The third kappa shape index (κ3) is 3.43. The maximum absolute atomic E-state index is 12.7. The first kappa shape index (κ1) is 14.9. The number of hydrogen-bond acceptors (Lipinski definition) is 4. The molecule has 1 fully saturated rings. The summed E-state index contributed by atoms with van der Waals surface area (Å²) in [5.74, 6) is 2.07. The van der Waals surface area contributed by atoms with Crippen LogP contribution in [0.3, 0.4) is 0 Å². The molecule has 0 spiro atoms. The highest BCUT2D eigenvalue weighted by Gasteiger charge is 2.25. The number of likely N-dealkylation sites (tertiary alicyclic amines) is 1. The molecule has 1 unspecified atom stereocenters. The second-order valence-electron chi connectivity index (χ2n) is 5.61. The van der Waals surface area contributed by atoms with Crippen molar-refractivity contribution in [1.82, 2.24) is 14.5 Å². The van der Waals surface area contributed by atoms with Crippen molar-refractivity contribution in [3.8, 4) is 0 Å². The molecule has 2 aliphatic heterocycles. The molecular formula is C15H23N3O2S. The number of nitrogens with zero attached hydrogens (tertiary/aromatic N) is 3. The summed E-state index contributed by atoms with van der Waals surface area (Å²) < 4.78 is 7.44. The lowest BCUT2D eigenvalue weighted by molar-refractivity contribution is 0.0756. The van der Waals surface area contributed by atoms with Crippen molar-refractivity contribution >= 4 is 17.7 Å². The Kier molecular flexibility index (Phi) is 4.85. The Morgan fingerprint density at radius 1 is 1.48 bits per heavy atom. The van der Waals surface area contributed by atoms with Gasteiger partial charge in [0.15, 0.2) is 0 Å². The molecule has 0 aromatic carbocycles. The Morgan fingerprint density at radius 2 is 2.38 bits per heavy atom. The minimum Gasteiger partial charge on any atom is -0.372 e. The standard InChI is InChI=1S/C15H23N3O2S/c1-2-21-12-5-3-4-6-18(9-12)15(19)13-10-17-7-8-20-11-14(17)16-13/h10,12H,2-9,11H2,1H3. The minimum atomic E-state index is 0.0838. The summed E-state index contributed by atoms with van der Waals surface area (Å²) in [7, 11) is 0. The van der Waals surface area contributed by atoms with Gasteiger partial charge in [0.1, 0.15) is 18.1 Å². The van der Waals surface area contributed by atoms with Crippen molar-refractivity contribution in [2.24, 2.45) is 0 Å². The van der Waals surface area contributed by atoms with E-state index < -0.39 is 0 Å². The molecule has 3 heterocycles. The van der Waals surface area contributed by atoms with Gasteiger partial charge < -0.3 is 14.2 Å². The van der Waals surface area contributed by atoms with Gasteiger partial charge in [-0.3, -0.25) is 4.79 Å². The average Bonchev–Trinajstić information content (AvgIpc) is 2.80. The topological polar surface area (TPSA) is 47.4 Å². The maximum atomic E-state index is 12.7. The molecular weight excluding hydrogens is 286 g/mol. The van der Waals surface area contributed by atoms with E-state index in [1.54, 1.807) is 0 Å². The summed E-state index contributed by atoms with van der Waals surface area (Å²) in [6, 6.07) is 0. The van der Waals surface area contributed by atoms with Gasteiger partial charge in [-0.2, -0.15) is 11.8 Å². The maximum Gasteiger partial charge on any atom is 0.274 e. The van der Waals surface area contributed by atoms with Gasteiger partial charge in [-0.25, -0.2) is 4.98 Å². The summed E-state index contributed by atoms with van der Waals surface area (Å²) in [5, 5.41) is 0.571. The normalized spacial score (nSPS) is 22.7. The number of carbonyl (C=O) groups excluding carboxylic acids is 1. The number of ether oxygens (including phenoxy) is 1. The fourth-order valence-electron chi connectivity index (χ4n) is 3.01. The number of fused-ring (bicyclic) bond motifs is 1. The molecule has 21 heavy (non-hydrogen) atoms. The third-order valence-corrected chi connectivity index (χ3v) is 5.29. The molecule has 3 rings (SSSR count). The predicted molar refractivity (Wildman–Crippen MR) is 83.6 cm³/mol. The first-order valence-corrected chi connectivity index (χ1v) is 8.87. The van der Waals surface area contributed by atoms with E-state index in [1.165, 1.54) is 12.8 Å². The largest absolute Gasteiger partial charge is 0.372 e. The van der Waals surface area contributed by atoms with Gasteiger partial charge in [0.2, 0.25) is 0 Å². The Balaban J connectivity index is 1.72. The number of carbonyl (C=O) groups is 1. The molecule has 116 valence electrons. The van der Waals surface area contributed by atoms with E-state index in [9.17, 15) is 4.79 Å². The van der Waals surface area contributed by atoms with E-state index in [0.717, 1.165) is 37.6 Å². The van der Waals surface area contributed by atoms with E-state index in [2.05, 4.69) is 11.9 Å². The fraction of sp³-hybridized carbons (Fsp3) is 0.733. The summed E-state index contributed by atoms with van der Waals surface area (Å²) in [6.45, 7) is 5.92. The fourth-order valence-corrected chi connectivity index (χ4v) is 4.10. The highest BCUT2D eigenvalue weighted by Crippen LogP contribution is 2.23. The van der Waals surface area contributed by atoms with Crippen molar-refractivity contribution in [1.29, 1.82) is 0 Å². The van der Waals surface area contributed by atoms with Gasteiger partial charge >= 0.3 is 0 Å². The Bertz CT molecular complexity index is 480. The van der Waals surface area contributed by atoms with Crippen LogP contribution in [-0.2, 0) is 17.9 Å². The van der Waals surface area contributed by atoms with Crippen LogP contribution in [-0.4, -0.2) is 51.1 Å². The number of aromatic nitrogens is 2. The predicted octanol–water partition coefficient (Wildman–Crippen LogP) is 2.16. The number of amides is 1. The zero-order chi connectivity index (χ0) is 14.7. The lowest BCUT2D eigenvalue weighted by Crippen LogP contribution is -2.35. The van der Waals surface area contributed by atoms with Crippen LogP contribution in [0.1, 0.15) is 42.5 Å². The molecule has 0 saturated carbocycles. The second-order valence-corrected chi connectivity index (χ2v) is 7.19. The average molecular weight is 309 g/mol. The quantitative estimate of drug-likeness (QED) is 0.858. The number of rotatable bonds is 3. The van der Waals surface area contributed by atoms with E-state index >= 15 is 0 Å². The summed E-state index contributed by atoms with van der Waals surface area (Å²) >= 11 is 1.97. The van der Waals surface area contributed by atoms with Crippen LogP contribution in [0.2, 0.25) is 0 Å². The SMILES string of the molecule is CCSC1CCCCN(C(=O)c2cn3c(n2)COCC3)C1. The molecule has 1 saturated heterocycles. The van der Waals surface area contributed by atoms with E-state index in [1.807, 2.05) is 27.4 Å². The number of hydrogen-bond donors (Lipinski definition) is 0. The zero-order valence-electron chi connectivity index (χ0n) is 12.6. The lowest BCUT2D eigenvalue weighted by atomic mass is 10.2. The Morgan fingerprint density at radius 3 is 3.19 bits per heavy atom. The van der Waals surface area contributed by atoms with Crippen LogP contribution >= 0.6 is 11.8 Å². The molecule has 0 bridgehead atoms. The molecule has 5 nitrogen and oxygen atoms in total. The zero-order valence-corrected chi connectivity index (χ0v) is 13.4. The minimum absolute atomic E-state index is 0.0838. The molecule has 0 aliphatic carbocycles. The van der Waals surface area contributed by atoms with E-state index in [0.29, 0.717) is 24.2 Å². The Hall–Kier alpha value is -1.01. The molecule has 0 radical (unpaired) electrons. The second kappa shape index (κ2) is 6.83. The summed E-state index contributed by atoms with van der Waals surface area (Å²) in [6.07, 6.45) is 5.43. The van der Waals surface area contributed by atoms with Gasteiger partial charge in [-0.15, -0.1) is 0 Å². The summed E-state index contributed by atoms with van der Waals surface area (Å²) in [5.41, 5.74) is 0.581. The number of imidazole rings is 1. The molecule has 2 aliphatic rings. The van der Waals surface area contributed by atoms with Crippen LogP contribution in [0.5, 0.6) is 0 Å². The lowest BCUT2D eigenvalue weighted by Gasteiger charge is -2.23. The molecule has 1 aromatic rings. The van der Waals surface area contributed by atoms with Gasteiger partial charge in [-0.05, 0) is 18.6 Å². The van der Waals surface area contributed by atoms with Gasteiger partial charge in [-0.1, -0.05) is 13.3 Å². The Labute approximate surface area is 130 Å².